The van der Waals surface area contributed by atoms with E-state index in [1.807, 2.05) is 0 Å². The maximum Gasteiger partial charge on any atom is 0.137 e. The van der Waals surface area contributed by atoms with Gasteiger partial charge in [0.1, 0.15) is 11.3 Å². The second-order valence-corrected chi connectivity index (χ2v) is 6.62. The predicted octanol–water partition coefficient (Wildman–Crippen LogP) is 5.32. The van der Waals surface area contributed by atoms with Crippen molar-refractivity contribution >= 4 is 11.0 Å². The van der Waals surface area contributed by atoms with Gasteiger partial charge in [-0.3, -0.25) is 0 Å². The average Bonchev–Trinajstić information content (AvgIpc) is 2.77. The molecule has 0 fully saturated rings. The fourth-order valence-corrected chi connectivity index (χ4v) is 2.90. The second-order valence-electron chi connectivity index (χ2n) is 6.62. The van der Waals surface area contributed by atoms with Gasteiger partial charge in [0.2, 0.25) is 0 Å². The number of nitrogens with one attached hydrogen (secondary N) is 1. The third kappa shape index (κ3) is 3.32. The lowest BCUT2D eigenvalue weighted by Gasteiger charge is -2.10. The van der Waals surface area contributed by atoms with Crippen LogP contribution in [-0.2, 0) is 13.0 Å². The van der Waals surface area contributed by atoms with Crippen LogP contribution in [0.3, 0.4) is 0 Å². The highest BCUT2D eigenvalue weighted by atomic mass is 16.3. The summed E-state index contributed by atoms with van der Waals surface area (Å²) in [4.78, 5) is 0. The van der Waals surface area contributed by atoms with Crippen LogP contribution in [0.1, 0.15) is 69.4 Å². The second kappa shape index (κ2) is 6.65. The van der Waals surface area contributed by atoms with E-state index in [-0.39, 0.29) is 0 Å². The molecule has 0 radical (unpaired) electrons. The molecule has 0 saturated carbocycles. The van der Waals surface area contributed by atoms with Gasteiger partial charge in [-0.05, 0) is 30.4 Å². The summed E-state index contributed by atoms with van der Waals surface area (Å²) in [6.07, 6.45) is 2.24. The third-order valence-electron chi connectivity index (χ3n) is 4.04. The Morgan fingerprint density at radius 1 is 1.14 bits per heavy atom. The van der Waals surface area contributed by atoms with Gasteiger partial charge in [0, 0.05) is 17.0 Å². The van der Waals surface area contributed by atoms with E-state index < -0.39 is 0 Å². The zero-order valence-electron chi connectivity index (χ0n) is 14.3. The predicted molar refractivity (Wildman–Crippen MR) is 91.0 cm³/mol. The Hall–Kier alpha value is -1.28. The van der Waals surface area contributed by atoms with Crippen molar-refractivity contribution in [2.45, 2.75) is 72.9 Å². The lowest BCUT2D eigenvalue weighted by Crippen LogP contribution is -2.22. The fraction of sp³-hybridized carbons (Fsp3) is 0.579. The van der Waals surface area contributed by atoms with Crippen LogP contribution in [-0.4, -0.2) is 6.04 Å². The Morgan fingerprint density at radius 3 is 2.43 bits per heavy atom. The number of aryl methyl sites for hydroxylation is 2. The van der Waals surface area contributed by atoms with Crippen molar-refractivity contribution in [3.63, 3.8) is 0 Å². The molecule has 0 amide bonds. The van der Waals surface area contributed by atoms with Crippen molar-refractivity contribution in [1.82, 2.24) is 5.32 Å². The maximum atomic E-state index is 6.26. The van der Waals surface area contributed by atoms with Crippen molar-refractivity contribution in [2.24, 2.45) is 0 Å². The molecule has 21 heavy (non-hydrogen) atoms. The van der Waals surface area contributed by atoms with E-state index in [1.165, 1.54) is 22.1 Å². The van der Waals surface area contributed by atoms with Gasteiger partial charge in [-0.15, -0.1) is 0 Å². The van der Waals surface area contributed by atoms with E-state index in [0.29, 0.717) is 12.0 Å². The number of hydrogen-bond acceptors (Lipinski definition) is 2. The minimum Gasteiger partial charge on any atom is -0.459 e. The molecule has 1 aromatic heterocycles. The molecule has 2 aromatic rings. The van der Waals surface area contributed by atoms with Crippen LogP contribution in [0.25, 0.3) is 11.0 Å². The molecule has 2 heteroatoms. The zero-order valence-corrected chi connectivity index (χ0v) is 14.3. The SMILES string of the molecule is CCCc1c(CNC(C)C)oc2c(C)ccc(C(C)C)c12. The van der Waals surface area contributed by atoms with Crippen LogP contribution in [0.15, 0.2) is 16.5 Å². The van der Waals surface area contributed by atoms with Crippen molar-refractivity contribution < 1.29 is 4.42 Å². The van der Waals surface area contributed by atoms with Gasteiger partial charge in [0.05, 0.1) is 6.54 Å². The molecular weight excluding hydrogens is 258 g/mol. The first-order valence-corrected chi connectivity index (χ1v) is 8.22. The van der Waals surface area contributed by atoms with Crippen LogP contribution >= 0.6 is 0 Å². The number of rotatable bonds is 6. The molecule has 0 unspecified atom stereocenters. The van der Waals surface area contributed by atoms with E-state index >= 15 is 0 Å². The summed E-state index contributed by atoms with van der Waals surface area (Å²) in [5.41, 5.74) is 5.15. The quantitative estimate of drug-likeness (QED) is 0.778. The zero-order chi connectivity index (χ0) is 15.6. The number of fused-ring (bicyclic) bond motifs is 1. The summed E-state index contributed by atoms with van der Waals surface area (Å²) in [5, 5.41) is 4.86. The summed E-state index contributed by atoms with van der Waals surface area (Å²) in [6, 6.07) is 4.94. The third-order valence-corrected chi connectivity index (χ3v) is 4.04. The first kappa shape index (κ1) is 16.1. The van der Waals surface area contributed by atoms with Gasteiger partial charge >= 0.3 is 0 Å². The Balaban J connectivity index is 2.61. The highest BCUT2D eigenvalue weighted by molar-refractivity contribution is 5.88. The molecule has 2 nitrogen and oxygen atoms in total. The molecule has 0 saturated heterocycles. The highest BCUT2D eigenvalue weighted by Gasteiger charge is 2.19. The van der Waals surface area contributed by atoms with Gasteiger partial charge in [0.15, 0.2) is 0 Å². The molecule has 1 N–H and O–H groups in total. The number of benzene rings is 1. The van der Waals surface area contributed by atoms with Crippen molar-refractivity contribution in [1.29, 1.82) is 0 Å². The van der Waals surface area contributed by atoms with Crippen LogP contribution in [0.5, 0.6) is 0 Å². The molecule has 0 atom stereocenters. The summed E-state index contributed by atoms with van der Waals surface area (Å²) in [7, 11) is 0. The summed E-state index contributed by atoms with van der Waals surface area (Å²) < 4.78 is 6.26. The van der Waals surface area contributed by atoms with Crippen molar-refractivity contribution in [3.8, 4) is 0 Å². The van der Waals surface area contributed by atoms with Gasteiger partial charge in [-0.2, -0.15) is 0 Å². The average molecular weight is 287 g/mol. The summed E-state index contributed by atoms with van der Waals surface area (Å²) >= 11 is 0. The van der Waals surface area contributed by atoms with E-state index in [2.05, 4.69) is 59.0 Å². The van der Waals surface area contributed by atoms with Crippen LogP contribution in [0, 0.1) is 6.92 Å². The molecule has 1 aromatic carbocycles. The minimum absolute atomic E-state index is 0.471. The molecule has 0 aliphatic rings. The molecule has 2 rings (SSSR count). The van der Waals surface area contributed by atoms with Gasteiger partial charge < -0.3 is 9.73 Å². The lowest BCUT2D eigenvalue weighted by molar-refractivity contribution is 0.482. The molecular formula is C19H29NO. The number of furan rings is 1. The molecule has 0 aliphatic carbocycles. The van der Waals surface area contributed by atoms with E-state index in [4.69, 9.17) is 4.42 Å². The van der Waals surface area contributed by atoms with Crippen LogP contribution in [0.2, 0.25) is 0 Å². The van der Waals surface area contributed by atoms with E-state index in [0.717, 1.165) is 30.7 Å². The lowest BCUT2D eigenvalue weighted by atomic mass is 9.93. The Kier molecular flexibility index (Phi) is 5.10. The molecule has 0 bridgehead atoms. The fourth-order valence-electron chi connectivity index (χ4n) is 2.90. The van der Waals surface area contributed by atoms with Gasteiger partial charge in [0.25, 0.3) is 0 Å². The van der Waals surface area contributed by atoms with E-state index in [1.54, 1.807) is 0 Å². The normalized spacial score (nSPS) is 12.0. The molecule has 0 spiro atoms. The molecule has 0 aliphatic heterocycles. The van der Waals surface area contributed by atoms with Gasteiger partial charge in [-0.25, -0.2) is 0 Å². The summed E-state index contributed by atoms with van der Waals surface area (Å²) in [5.74, 6) is 1.64. The minimum atomic E-state index is 0.471. The van der Waals surface area contributed by atoms with E-state index in [9.17, 15) is 0 Å². The highest BCUT2D eigenvalue weighted by Crippen LogP contribution is 2.35. The first-order valence-electron chi connectivity index (χ1n) is 8.22. The van der Waals surface area contributed by atoms with Crippen molar-refractivity contribution in [2.75, 3.05) is 0 Å². The van der Waals surface area contributed by atoms with Crippen LogP contribution < -0.4 is 5.32 Å². The first-order chi connectivity index (χ1) is 9.95. The van der Waals surface area contributed by atoms with Crippen molar-refractivity contribution in [3.05, 3.63) is 34.6 Å². The maximum absolute atomic E-state index is 6.26. The Morgan fingerprint density at radius 2 is 1.86 bits per heavy atom. The number of hydrogen-bond donors (Lipinski definition) is 1. The summed E-state index contributed by atoms with van der Waals surface area (Å²) in [6.45, 7) is 14.1. The monoisotopic (exact) mass is 287 g/mol. The molecule has 1 heterocycles. The Labute approximate surface area is 128 Å². The van der Waals surface area contributed by atoms with Crippen LogP contribution in [0.4, 0.5) is 0 Å². The topological polar surface area (TPSA) is 25.2 Å². The Bertz CT molecular complexity index is 608. The smallest absolute Gasteiger partial charge is 0.137 e. The standard InChI is InChI=1S/C19H29NO/c1-7-8-16-17(11-20-13(4)5)21-19-14(6)9-10-15(12(2)3)18(16)19/h9-10,12-13,20H,7-8,11H2,1-6H3. The molecule has 116 valence electrons. The largest absolute Gasteiger partial charge is 0.459 e. The van der Waals surface area contributed by atoms with Gasteiger partial charge in [-0.1, -0.05) is 53.2 Å².